The number of amides is 1. The van der Waals surface area contributed by atoms with Gasteiger partial charge in [0.05, 0.1) is 0 Å². The van der Waals surface area contributed by atoms with Crippen LogP contribution in [0.25, 0.3) is 11.1 Å². The minimum atomic E-state index is -0.349. The second kappa shape index (κ2) is 8.96. The zero-order valence-electron chi connectivity index (χ0n) is 17.3. The van der Waals surface area contributed by atoms with E-state index in [0.29, 0.717) is 29.4 Å². The van der Waals surface area contributed by atoms with Gasteiger partial charge < -0.3 is 19.5 Å². The van der Waals surface area contributed by atoms with Gasteiger partial charge in [0.25, 0.3) is 5.91 Å². The Balaban J connectivity index is 1.24. The smallest absolute Gasteiger partial charge is 0.321 e. The van der Waals surface area contributed by atoms with Crippen molar-refractivity contribution in [2.75, 3.05) is 6.79 Å². The summed E-state index contributed by atoms with van der Waals surface area (Å²) in [4.78, 5) is 21.1. The maximum absolute atomic E-state index is 13.0. The van der Waals surface area contributed by atoms with E-state index in [4.69, 9.17) is 14.2 Å². The molecule has 5 rings (SSSR count). The molecule has 0 saturated carbocycles. The standard InChI is InChI=1S/C25H18FN3O4/c26-20-5-7-21(8-6-20)33-25-28-13-19(14-29-25)17-2-1-3-18(11-17)24(30)27-12-16-4-9-22-23(10-16)32-15-31-22/h1-11,13-14H,12,15H2,(H,27,30). The van der Waals surface area contributed by atoms with E-state index in [-0.39, 0.29) is 24.5 Å². The molecule has 1 amide bonds. The lowest BCUT2D eigenvalue weighted by atomic mass is 10.1. The Kier molecular flexibility index (Phi) is 5.55. The third-order valence-electron chi connectivity index (χ3n) is 5.00. The highest BCUT2D eigenvalue weighted by atomic mass is 19.1. The molecule has 33 heavy (non-hydrogen) atoms. The quantitative estimate of drug-likeness (QED) is 0.464. The van der Waals surface area contributed by atoms with E-state index in [1.165, 1.54) is 24.3 Å². The molecule has 7 nitrogen and oxygen atoms in total. The maximum atomic E-state index is 13.0. The maximum Gasteiger partial charge on any atom is 0.321 e. The van der Waals surface area contributed by atoms with Crippen LogP contribution in [-0.2, 0) is 6.54 Å². The first-order valence-electron chi connectivity index (χ1n) is 10.2. The number of rotatable bonds is 6. The summed E-state index contributed by atoms with van der Waals surface area (Å²) in [6.07, 6.45) is 3.21. The largest absolute Gasteiger partial charge is 0.454 e. The van der Waals surface area contributed by atoms with Crippen LogP contribution in [0.15, 0.2) is 79.1 Å². The lowest BCUT2D eigenvalue weighted by Gasteiger charge is -2.08. The van der Waals surface area contributed by atoms with E-state index in [9.17, 15) is 9.18 Å². The van der Waals surface area contributed by atoms with Crippen LogP contribution in [0, 0.1) is 5.82 Å². The van der Waals surface area contributed by atoms with Crippen LogP contribution >= 0.6 is 0 Å². The van der Waals surface area contributed by atoms with E-state index in [2.05, 4.69) is 15.3 Å². The first-order chi connectivity index (χ1) is 16.1. The third-order valence-corrected chi connectivity index (χ3v) is 5.00. The number of nitrogens with one attached hydrogen (secondary N) is 1. The number of nitrogens with zero attached hydrogens (tertiary/aromatic N) is 2. The van der Waals surface area contributed by atoms with Gasteiger partial charge in [-0.2, -0.15) is 0 Å². The van der Waals surface area contributed by atoms with E-state index in [1.54, 1.807) is 30.6 Å². The highest BCUT2D eigenvalue weighted by Gasteiger charge is 2.14. The van der Waals surface area contributed by atoms with Gasteiger partial charge in [-0.05, 0) is 59.7 Å². The first-order valence-corrected chi connectivity index (χ1v) is 10.2. The number of halogens is 1. The molecule has 4 aromatic rings. The molecule has 3 aromatic carbocycles. The molecule has 0 spiro atoms. The van der Waals surface area contributed by atoms with Crippen LogP contribution in [0.2, 0.25) is 0 Å². The molecule has 2 heterocycles. The van der Waals surface area contributed by atoms with Gasteiger partial charge in [0.2, 0.25) is 6.79 Å². The van der Waals surface area contributed by atoms with E-state index in [0.717, 1.165) is 16.7 Å². The molecular weight excluding hydrogens is 425 g/mol. The molecule has 1 aliphatic rings. The summed E-state index contributed by atoms with van der Waals surface area (Å²) in [5, 5.41) is 2.91. The molecule has 8 heteroatoms. The summed E-state index contributed by atoms with van der Waals surface area (Å²) in [7, 11) is 0. The summed E-state index contributed by atoms with van der Waals surface area (Å²) >= 11 is 0. The van der Waals surface area contributed by atoms with Gasteiger partial charge in [-0.1, -0.05) is 18.2 Å². The van der Waals surface area contributed by atoms with Gasteiger partial charge in [0.1, 0.15) is 11.6 Å². The van der Waals surface area contributed by atoms with Crippen molar-refractivity contribution in [2.24, 2.45) is 0 Å². The summed E-state index contributed by atoms with van der Waals surface area (Å²) in [5.74, 6) is 1.26. The molecule has 1 N–H and O–H groups in total. The van der Waals surface area contributed by atoms with Crippen molar-refractivity contribution in [2.45, 2.75) is 6.54 Å². The molecular formula is C25H18FN3O4. The molecule has 1 aromatic heterocycles. The second-order valence-electron chi connectivity index (χ2n) is 7.26. The normalized spacial score (nSPS) is 11.8. The van der Waals surface area contributed by atoms with Crippen LogP contribution < -0.4 is 19.5 Å². The zero-order chi connectivity index (χ0) is 22.6. The predicted molar refractivity (Wildman–Crippen MR) is 118 cm³/mol. The van der Waals surface area contributed by atoms with Crippen LogP contribution in [0.3, 0.4) is 0 Å². The number of carbonyl (C=O) groups excluding carboxylic acids is 1. The number of ether oxygens (including phenoxy) is 3. The molecule has 0 radical (unpaired) electrons. The number of hydrogen-bond donors (Lipinski definition) is 1. The van der Waals surface area contributed by atoms with Gasteiger partial charge in [-0.25, -0.2) is 14.4 Å². The summed E-state index contributed by atoms with van der Waals surface area (Å²) in [6.45, 7) is 0.569. The first kappa shape index (κ1) is 20.4. The average molecular weight is 443 g/mol. The highest BCUT2D eigenvalue weighted by Crippen LogP contribution is 2.32. The number of carbonyl (C=O) groups is 1. The van der Waals surface area contributed by atoms with Gasteiger partial charge in [-0.3, -0.25) is 4.79 Å². The zero-order valence-corrected chi connectivity index (χ0v) is 17.3. The van der Waals surface area contributed by atoms with Crippen molar-refractivity contribution < 1.29 is 23.4 Å². The van der Waals surface area contributed by atoms with Gasteiger partial charge in [0, 0.05) is 30.1 Å². The van der Waals surface area contributed by atoms with Crippen molar-refractivity contribution in [3.63, 3.8) is 0 Å². The third kappa shape index (κ3) is 4.74. The van der Waals surface area contributed by atoms with Gasteiger partial charge in [0.15, 0.2) is 11.5 Å². The lowest BCUT2D eigenvalue weighted by Crippen LogP contribution is -2.22. The van der Waals surface area contributed by atoms with Crippen LogP contribution in [-0.4, -0.2) is 22.7 Å². The molecule has 0 atom stereocenters. The fourth-order valence-corrected chi connectivity index (χ4v) is 3.30. The Morgan fingerprint density at radius 1 is 0.939 bits per heavy atom. The molecule has 0 unspecified atom stereocenters. The Morgan fingerprint density at radius 2 is 1.73 bits per heavy atom. The number of hydrogen-bond acceptors (Lipinski definition) is 6. The molecule has 1 aliphatic heterocycles. The van der Waals surface area contributed by atoms with Crippen molar-refractivity contribution in [1.29, 1.82) is 0 Å². The second-order valence-corrected chi connectivity index (χ2v) is 7.26. The predicted octanol–water partition coefficient (Wildman–Crippen LogP) is 4.73. The topological polar surface area (TPSA) is 82.6 Å². The Morgan fingerprint density at radius 3 is 2.55 bits per heavy atom. The molecule has 0 bridgehead atoms. The fourth-order valence-electron chi connectivity index (χ4n) is 3.30. The Bertz CT molecular complexity index is 1290. The van der Waals surface area contributed by atoms with Crippen molar-refractivity contribution >= 4 is 5.91 Å². The summed E-state index contributed by atoms with van der Waals surface area (Å²) in [5.41, 5.74) is 2.94. The minimum absolute atomic E-state index is 0.142. The Hall–Kier alpha value is -4.46. The van der Waals surface area contributed by atoms with E-state index >= 15 is 0 Å². The monoisotopic (exact) mass is 443 g/mol. The fraction of sp³-hybridized carbons (Fsp3) is 0.0800. The number of fused-ring (bicyclic) bond motifs is 1. The average Bonchev–Trinajstić information content (AvgIpc) is 3.32. The molecule has 0 saturated heterocycles. The number of benzene rings is 3. The van der Waals surface area contributed by atoms with Crippen molar-refractivity contribution in [3.05, 3.63) is 96.1 Å². The van der Waals surface area contributed by atoms with Crippen molar-refractivity contribution in [1.82, 2.24) is 15.3 Å². The lowest BCUT2D eigenvalue weighted by molar-refractivity contribution is 0.0951. The van der Waals surface area contributed by atoms with Crippen LogP contribution in [0.4, 0.5) is 4.39 Å². The SMILES string of the molecule is O=C(NCc1ccc2c(c1)OCO2)c1cccc(-c2cnc(Oc3ccc(F)cc3)nc2)c1. The van der Waals surface area contributed by atoms with Crippen LogP contribution in [0.5, 0.6) is 23.3 Å². The molecule has 0 fully saturated rings. The minimum Gasteiger partial charge on any atom is -0.454 e. The van der Waals surface area contributed by atoms with E-state index in [1.807, 2.05) is 24.3 Å². The molecule has 164 valence electrons. The van der Waals surface area contributed by atoms with Crippen molar-refractivity contribution in [3.8, 4) is 34.4 Å². The highest BCUT2D eigenvalue weighted by molar-refractivity contribution is 5.95. The van der Waals surface area contributed by atoms with Gasteiger partial charge >= 0.3 is 6.01 Å². The Labute approximate surface area is 188 Å². The van der Waals surface area contributed by atoms with Gasteiger partial charge in [-0.15, -0.1) is 0 Å². The summed E-state index contributed by atoms with van der Waals surface area (Å²) in [6, 6.07) is 18.5. The number of aromatic nitrogens is 2. The van der Waals surface area contributed by atoms with E-state index < -0.39 is 0 Å². The summed E-state index contributed by atoms with van der Waals surface area (Å²) < 4.78 is 29.2. The molecule has 0 aliphatic carbocycles. The van der Waals surface area contributed by atoms with Crippen LogP contribution in [0.1, 0.15) is 15.9 Å².